The van der Waals surface area contributed by atoms with E-state index >= 15 is 0 Å². The van der Waals surface area contributed by atoms with Crippen molar-refractivity contribution in [3.05, 3.63) is 107 Å². The Balaban J connectivity index is 1.56. The van der Waals surface area contributed by atoms with Crippen LogP contribution >= 0.6 is 0 Å². The van der Waals surface area contributed by atoms with Crippen LogP contribution in [0, 0.1) is 13.8 Å². The molecule has 0 atom stereocenters. The van der Waals surface area contributed by atoms with E-state index < -0.39 is 0 Å². The fourth-order valence-electron chi connectivity index (χ4n) is 3.18. The summed E-state index contributed by atoms with van der Waals surface area (Å²) in [6, 6.07) is 27.5. The van der Waals surface area contributed by atoms with Crippen LogP contribution in [-0.2, 0) is 0 Å². The summed E-state index contributed by atoms with van der Waals surface area (Å²) in [5.41, 5.74) is 3.48. The third-order valence-corrected chi connectivity index (χ3v) is 4.71. The highest BCUT2D eigenvalue weighted by Gasteiger charge is 2.12. The zero-order valence-corrected chi connectivity index (χ0v) is 15.4. The summed E-state index contributed by atoms with van der Waals surface area (Å²) < 4.78 is 5.96. The number of hydrogen-bond donors (Lipinski definition) is 0. The third kappa shape index (κ3) is 3.61. The van der Waals surface area contributed by atoms with E-state index in [-0.39, 0.29) is 5.78 Å². The van der Waals surface area contributed by atoms with Gasteiger partial charge in [0.05, 0.1) is 0 Å². The van der Waals surface area contributed by atoms with Crippen LogP contribution < -0.4 is 4.74 Å². The van der Waals surface area contributed by atoms with E-state index in [0.29, 0.717) is 11.3 Å². The van der Waals surface area contributed by atoms with Crippen molar-refractivity contribution in [1.82, 2.24) is 0 Å². The first kappa shape index (κ1) is 17.0. The highest BCUT2D eigenvalue weighted by atomic mass is 16.5. The number of fused-ring (bicyclic) bond motifs is 1. The molecule has 132 valence electrons. The monoisotopic (exact) mass is 352 g/mol. The number of rotatable bonds is 4. The van der Waals surface area contributed by atoms with Crippen molar-refractivity contribution >= 4 is 16.6 Å². The van der Waals surface area contributed by atoms with Crippen molar-refractivity contribution in [3.8, 4) is 11.5 Å². The molecule has 0 N–H and O–H groups in total. The lowest BCUT2D eigenvalue weighted by Gasteiger charge is -2.09. The maximum atomic E-state index is 12.8. The molecule has 0 bridgehead atoms. The Hall–Kier alpha value is -3.39. The number of carbonyl (C=O) groups excluding carboxylic acids is 1. The van der Waals surface area contributed by atoms with Gasteiger partial charge in [-0.3, -0.25) is 4.79 Å². The molecule has 0 radical (unpaired) electrons. The summed E-state index contributed by atoms with van der Waals surface area (Å²) in [6.45, 7) is 3.96. The Morgan fingerprint density at radius 2 is 1.41 bits per heavy atom. The highest BCUT2D eigenvalue weighted by Crippen LogP contribution is 2.26. The Labute approximate surface area is 159 Å². The Morgan fingerprint density at radius 1 is 0.704 bits per heavy atom. The fourth-order valence-corrected chi connectivity index (χ4v) is 3.18. The zero-order valence-electron chi connectivity index (χ0n) is 15.4. The summed E-state index contributed by atoms with van der Waals surface area (Å²) in [6.07, 6.45) is 0. The SMILES string of the molecule is Cc1ccc(C)c(C(=O)c2ccc(Oc3ccc4ccccc4c3)cc2)c1. The molecule has 4 aromatic rings. The largest absolute Gasteiger partial charge is 0.457 e. The van der Waals surface area contributed by atoms with Crippen LogP contribution in [0.4, 0.5) is 0 Å². The van der Waals surface area contributed by atoms with Gasteiger partial charge in [0.25, 0.3) is 0 Å². The molecule has 0 aliphatic carbocycles. The van der Waals surface area contributed by atoms with Gasteiger partial charge in [-0.25, -0.2) is 0 Å². The Bertz CT molecular complexity index is 1120. The van der Waals surface area contributed by atoms with E-state index in [1.165, 1.54) is 5.39 Å². The van der Waals surface area contributed by atoms with E-state index in [1.807, 2.05) is 86.6 Å². The first-order chi connectivity index (χ1) is 13.1. The number of hydrogen-bond acceptors (Lipinski definition) is 2. The molecular formula is C25H20O2. The van der Waals surface area contributed by atoms with Crippen LogP contribution in [0.2, 0.25) is 0 Å². The van der Waals surface area contributed by atoms with Crippen LogP contribution in [0.3, 0.4) is 0 Å². The Kier molecular flexibility index (Phi) is 4.47. The molecule has 0 heterocycles. The summed E-state index contributed by atoms with van der Waals surface area (Å²) >= 11 is 0. The van der Waals surface area contributed by atoms with Crippen molar-refractivity contribution in [2.75, 3.05) is 0 Å². The predicted molar refractivity (Wildman–Crippen MR) is 110 cm³/mol. The molecule has 0 amide bonds. The molecule has 4 rings (SSSR count). The molecule has 0 aromatic heterocycles. The lowest BCUT2D eigenvalue weighted by atomic mass is 9.97. The Morgan fingerprint density at radius 3 is 2.19 bits per heavy atom. The minimum Gasteiger partial charge on any atom is -0.457 e. The smallest absolute Gasteiger partial charge is 0.193 e. The van der Waals surface area contributed by atoms with Gasteiger partial charge in [-0.05, 0) is 72.6 Å². The second-order valence-electron chi connectivity index (χ2n) is 6.78. The number of carbonyl (C=O) groups is 1. The first-order valence-electron chi connectivity index (χ1n) is 8.99. The summed E-state index contributed by atoms with van der Waals surface area (Å²) in [5.74, 6) is 1.53. The molecular weight excluding hydrogens is 332 g/mol. The average molecular weight is 352 g/mol. The van der Waals surface area contributed by atoms with Crippen LogP contribution in [0.15, 0.2) is 84.9 Å². The maximum absolute atomic E-state index is 12.8. The minimum atomic E-state index is 0.0356. The van der Waals surface area contributed by atoms with Gasteiger partial charge in [0, 0.05) is 11.1 Å². The number of benzene rings is 4. The van der Waals surface area contributed by atoms with Crippen molar-refractivity contribution in [2.45, 2.75) is 13.8 Å². The van der Waals surface area contributed by atoms with Crippen LogP contribution in [0.5, 0.6) is 11.5 Å². The van der Waals surface area contributed by atoms with Crippen molar-refractivity contribution in [1.29, 1.82) is 0 Å². The van der Waals surface area contributed by atoms with E-state index in [2.05, 4.69) is 12.1 Å². The normalized spacial score (nSPS) is 10.7. The van der Waals surface area contributed by atoms with Crippen LogP contribution in [-0.4, -0.2) is 5.78 Å². The number of ether oxygens (including phenoxy) is 1. The van der Waals surface area contributed by atoms with Crippen LogP contribution in [0.1, 0.15) is 27.0 Å². The molecule has 2 heteroatoms. The summed E-state index contributed by atoms with van der Waals surface area (Å²) in [4.78, 5) is 12.8. The van der Waals surface area contributed by atoms with Crippen molar-refractivity contribution in [3.63, 3.8) is 0 Å². The lowest BCUT2D eigenvalue weighted by molar-refractivity contribution is 0.103. The first-order valence-corrected chi connectivity index (χ1v) is 8.99. The quantitative estimate of drug-likeness (QED) is 0.393. The van der Waals surface area contributed by atoms with Gasteiger partial charge >= 0.3 is 0 Å². The second kappa shape index (κ2) is 7.08. The summed E-state index contributed by atoms with van der Waals surface area (Å²) in [5, 5.41) is 2.32. The van der Waals surface area contributed by atoms with Crippen molar-refractivity contribution < 1.29 is 9.53 Å². The van der Waals surface area contributed by atoms with Gasteiger partial charge in [0.15, 0.2) is 5.78 Å². The molecule has 0 saturated carbocycles. The van der Waals surface area contributed by atoms with Gasteiger partial charge in [0.2, 0.25) is 0 Å². The second-order valence-corrected chi connectivity index (χ2v) is 6.78. The molecule has 0 aliphatic rings. The van der Waals surface area contributed by atoms with E-state index in [4.69, 9.17) is 4.74 Å². The molecule has 0 unspecified atom stereocenters. The number of aryl methyl sites for hydroxylation is 2. The van der Waals surface area contributed by atoms with Crippen LogP contribution in [0.25, 0.3) is 10.8 Å². The molecule has 0 saturated heterocycles. The zero-order chi connectivity index (χ0) is 18.8. The standard InChI is InChI=1S/C25H20O2/c1-17-7-8-18(2)24(15-17)25(26)20-10-12-22(13-11-20)27-23-14-9-19-5-3-4-6-21(19)16-23/h3-16H,1-2H3. The summed E-state index contributed by atoms with van der Waals surface area (Å²) in [7, 11) is 0. The number of ketones is 1. The molecule has 0 fully saturated rings. The molecule has 2 nitrogen and oxygen atoms in total. The predicted octanol–water partition coefficient (Wildman–Crippen LogP) is 6.48. The highest BCUT2D eigenvalue weighted by molar-refractivity contribution is 6.10. The molecule has 4 aromatic carbocycles. The minimum absolute atomic E-state index is 0.0356. The van der Waals surface area contributed by atoms with Gasteiger partial charge in [-0.1, -0.05) is 48.0 Å². The average Bonchev–Trinajstić information content (AvgIpc) is 2.70. The van der Waals surface area contributed by atoms with E-state index in [0.717, 1.165) is 27.8 Å². The topological polar surface area (TPSA) is 26.3 Å². The van der Waals surface area contributed by atoms with Gasteiger partial charge in [0.1, 0.15) is 11.5 Å². The van der Waals surface area contributed by atoms with Crippen molar-refractivity contribution in [2.24, 2.45) is 0 Å². The van der Waals surface area contributed by atoms with Gasteiger partial charge < -0.3 is 4.74 Å². The lowest BCUT2D eigenvalue weighted by Crippen LogP contribution is -2.04. The maximum Gasteiger partial charge on any atom is 0.193 e. The van der Waals surface area contributed by atoms with Gasteiger partial charge in [-0.2, -0.15) is 0 Å². The van der Waals surface area contributed by atoms with Gasteiger partial charge in [-0.15, -0.1) is 0 Å². The molecule has 0 spiro atoms. The fraction of sp³-hybridized carbons (Fsp3) is 0.0800. The molecule has 27 heavy (non-hydrogen) atoms. The molecule has 0 aliphatic heterocycles. The van der Waals surface area contributed by atoms with E-state index in [1.54, 1.807) is 0 Å². The third-order valence-electron chi connectivity index (χ3n) is 4.71. The van der Waals surface area contributed by atoms with E-state index in [9.17, 15) is 4.79 Å².